The fourth-order valence-corrected chi connectivity index (χ4v) is 3.68. The van der Waals surface area contributed by atoms with Crippen LogP contribution in [0.1, 0.15) is 31.2 Å². The molecule has 1 N–H and O–H groups in total. The number of hydrogen-bond donors (Lipinski definition) is 1. The van der Waals surface area contributed by atoms with Crippen molar-refractivity contribution < 1.29 is 23.9 Å². The van der Waals surface area contributed by atoms with Gasteiger partial charge in [0, 0.05) is 6.04 Å². The Kier molecular flexibility index (Phi) is 5.90. The summed E-state index contributed by atoms with van der Waals surface area (Å²) in [6.45, 7) is 0.00979. The minimum atomic E-state index is -0.744. The van der Waals surface area contributed by atoms with Gasteiger partial charge in [-0.05, 0) is 36.6 Å². The third-order valence-corrected chi connectivity index (χ3v) is 4.97. The molecular formula is C20H19ClN2O5. The Morgan fingerprint density at radius 1 is 1.32 bits per heavy atom. The molecule has 1 aliphatic carbocycles. The quantitative estimate of drug-likeness (QED) is 0.465. The van der Waals surface area contributed by atoms with Crippen LogP contribution in [0.5, 0.6) is 11.5 Å². The second-order valence-corrected chi connectivity index (χ2v) is 6.86. The van der Waals surface area contributed by atoms with Gasteiger partial charge in [0.05, 0.1) is 12.1 Å². The van der Waals surface area contributed by atoms with E-state index in [0.717, 1.165) is 30.6 Å². The molecule has 28 heavy (non-hydrogen) atoms. The standard InChI is InChI=1S/C20H19ClN2O5/c1-3-8-28-17-15(21)10-12(11-16(17)27-2)9-14-18(24)22-20(26)23(19(14)25)13-6-4-5-7-13/h1,9-11,13H,4-8H2,2H3,(H,22,24,26)/b14-9+. The van der Waals surface area contributed by atoms with E-state index in [1.807, 2.05) is 0 Å². The maximum atomic E-state index is 12.9. The number of benzene rings is 1. The minimum absolute atomic E-state index is 0.00979. The number of halogens is 1. The predicted molar refractivity (Wildman–Crippen MR) is 103 cm³/mol. The molecule has 8 heteroatoms. The van der Waals surface area contributed by atoms with E-state index in [4.69, 9.17) is 27.5 Å². The van der Waals surface area contributed by atoms with Crippen molar-refractivity contribution >= 4 is 35.5 Å². The van der Waals surface area contributed by atoms with Gasteiger partial charge in [-0.3, -0.25) is 19.8 Å². The lowest BCUT2D eigenvalue weighted by Crippen LogP contribution is -2.57. The number of nitrogens with zero attached hydrogens (tertiary/aromatic N) is 1. The fraction of sp³-hybridized carbons (Fsp3) is 0.350. The van der Waals surface area contributed by atoms with Crippen molar-refractivity contribution in [2.75, 3.05) is 13.7 Å². The maximum absolute atomic E-state index is 12.9. The topological polar surface area (TPSA) is 84.9 Å². The number of imide groups is 2. The van der Waals surface area contributed by atoms with Gasteiger partial charge in [0.25, 0.3) is 11.8 Å². The highest BCUT2D eigenvalue weighted by Gasteiger charge is 2.40. The Balaban J connectivity index is 1.96. The molecule has 1 heterocycles. The molecule has 0 bridgehead atoms. The van der Waals surface area contributed by atoms with Crippen LogP contribution in [0.3, 0.4) is 0 Å². The second-order valence-electron chi connectivity index (χ2n) is 6.46. The first-order chi connectivity index (χ1) is 13.5. The van der Waals surface area contributed by atoms with Gasteiger partial charge < -0.3 is 9.47 Å². The van der Waals surface area contributed by atoms with Crippen LogP contribution in [0.15, 0.2) is 17.7 Å². The fourth-order valence-electron chi connectivity index (χ4n) is 3.41. The van der Waals surface area contributed by atoms with Crippen LogP contribution in [0.25, 0.3) is 6.08 Å². The molecule has 0 unspecified atom stereocenters. The Hall–Kier alpha value is -2.98. The number of rotatable bonds is 5. The van der Waals surface area contributed by atoms with Crippen LogP contribution >= 0.6 is 11.6 Å². The van der Waals surface area contributed by atoms with E-state index in [9.17, 15) is 14.4 Å². The van der Waals surface area contributed by atoms with Crippen molar-refractivity contribution in [1.29, 1.82) is 0 Å². The van der Waals surface area contributed by atoms with Crippen molar-refractivity contribution in [2.45, 2.75) is 31.7 Å². The van der Waals surface area contributed by atoms with Crippen molar-refractivity contribution in [3.05, 3.63) is 28.3 Å². The average Bonchev–Trinajstić information content (AvgIpc) is 3.18. The Morgan fingerprint density at radius 3 is 2.68 bits per heavy atom. The monoisotopic (exact) mass is 402 g/mol. The maximum Gasteiger partial charge on any atom is 0.331 e. The summed E-state index contributed by atoms with van der Waals surface area (Å²) < 4.78 is 10.6. The predicted octanol–water partition coefficient (Wildman–Crippen LogP) is 2.77. The number of methoxy groups -OCH3 is 1. The molecule has 1 aromatic carbocycles. The molecule has 0 radical (unpaired) electrons. The molecule has 7 nitrogen and oxygen atoms in total. The number of hydrogen-bond acceptors (Lipinski definition) is 5. The molecule has 146 valence electrons. The van der Waals surface area contributed by atoms with Crippen molar-refractivity contribution in [1.82, 2.24) is 10.2 Å². The van der Waals surface area contributed by atoms with E-state index >= 15 is 0 Å². The largest absolute Gasteiger partial charge is 0.493 e. The minimum Gasteiger partial charge on any atom is -0.493 e. The van der Waals surface area contributed by atoms with Crippen LogP contribution in [0.4, 0.5) is 4.79 Å². The molecule has 0 aromatic heterocycles. The van der Waals surface area contributed by atoms with Gasteiger partial charge in [-0.15, -0.1) is 6.42 Å². The summed E-state index contributed by atoms with van der Waals surface area (Å²) in [6.07, 6.45) is 9.94. The summed E-state index contributed by atoms with van der Waals surface area (Å²) in [4.78, 5) is 38.4. The SMILES string of the molecule is C#CCOc1c(Cl)cc(/C=C2\C(=O)NC(=O)N(C3CCCC3)C2=O)cc1OC. The van der Waals surface area contributed by atoms with E-state index in [-0.39, 0.29) is 29.0 Å². The highest BCUT2D eigenvalue weighted by Crippen LogP contribution is 2.37. The van der Waals surface area contributed by atoms with Gasteiger partial charge in [0.15, 0.2) is 11.5 Å². The Morgan fingerprint density at radius 2 is 2.04 bits per heavy atom. The van der Waals surface area contributed by atoms with Crippen LogP contribution in [0.2, 0.25) is 5.02 Å². The van der Waals surface area contributed by atoms with E-state index in [1.54, 1.807) is 6.07 Å². The van der Waals surface area contributed by atoms with Gasteiger partial charge in [-0.25, -0.2) is 4.79 Å². The molecule has 0 atom stereocenters. The van der Waals surface area contributed by atoms with Crippen molar-refractivity contribution in [3.8, 4) is 23.8 Å². The van der Waals surface area contributed by atoms with Crippen LogP contribution in [-0.2, 0) is 9.59 Å². The number of urea groups is 1. The van der Waals surface area contributed by atoms with Crippen LogP contribution in [0, 0.1) is 12.3 Å². The van der Waals surface area contributed by atoms with E-state index < -0.39 is 17.8 Å². The Bertz CT molecular complexity index is 897. The van der Waals surface area contributed by atoms with E-state index in [1.165, 1.54) is 19.3 Å². The van der Waals surface area contributed by atoms with Gasteiger partial charge in [0.1, 0.15) is 12.2 Å². The number of amides is 4. The molecule has 3 rings (SSSR count). The zero-order valence-electron chi connectivity index (χ0n) is 15.3. The van der Waals surface area contributed by atoms with E-state index in [2.05, 4.69) is 11.2 Å². The first-order valence-electron chi connectivity index (χ1n) is 8.80. The number of nitrogens with one attached hydrogen (secondary N) is 1. The Labute approximate surface area is 167 Å². The normalized spacial score (nSPS) is 19.0. The van der Waals surface area contributed by atoms with Crippen molar-refractivity contribution in [3.63, 3.8) is 0 Å². The molecule has 1 aliphatic heterocycles. The van der Waals surface area contributed by atoms with Crippen LogP contribution < -0.4 is 14.8 Å². The number of carbonyl (C=O) groups is 3. The third-order valence-electron chi connectivity index (χ3n) is 4.69. The summed E-state index contributed by atoms with van der Waals surface area (Å²) in [7, 11) is 1.43. The molecule has 2 fully saturated rings. The second kappa shape index (κ2) is 8.36. The third kappa shape index (κ3) is 3.82. The molecule has 1 aromatic rings. The lowest BCUT2D eigenvalue weighted by molar-refractivity contribution is -0.131. The molecule has 4 amide bonds. The summed E-state index contributed by atoms with van der Waals surface area (Å²) in [5.41, 5.74) is 0.316. The first kappa shape index (κ1) is 19.8. The van der Waals surface area contributed by atoms with Gasteiger partial charge in [-0.1, -0.05) is 30.4 Å². The molecular weight excluding hydrogens is 384 g/mol. The molecule has 1 saturated carbocycles. The lowest BCUT2D eigenvalue weighted by atomic mass is 10.0. The average molecular weight is 403 g/mol. The van der Waals surface area contributed by atoms with E-state index in [0.29, 0.717) is 11.3 Å². The summed E-state index contributed by atoms with van der Waals surface area (Å²) >= 11 is 6.24. The highest BCUT2D eigenvalue weighted by molar-refractivity contribution is 6.33. The van der Waals surface area contributed by atoms with Crippen LogP contribution in [-0.4, -0.2) is 42.5 Å². The molecule has 0 spiro atoms. The number of terminal acetylenes is 1. The highest BCUT2D eigenvalue weighted by atomic mass is 35.5. The number of ether oxygens (including phenoxy) is 2. The van der Waals surface area contributed by atoms with Gasteiger partial charge in [0.2, 0.25) is 0 Å². The number of barbiturate groups is 1. The van der Waals surface area contributed by atoms with Gasteiger partial charge in [-0.2, -0.15) is 0 Å². The first-order valence-corrected chi connectivity index (χ1v) is 9.18. The zero-order chi connectivity index (χ0) is 20.3. The number of carbonyl (C=O) groups excluding carboxylic acids is 3. The summed E-state index contributed by atoms with van der Waals surface area (Å²) in [6, 6.07) is 2.23. The zero-order valence-corrected chi connectivity index (χ0v) is 16.0. The smallest absolute Gasteiger partial charge is 0.331 e. The summed E-state index contributed by atoms with van der Waals surface area (Å²) in [5.74, 6) is 1.56. The van der Waals surface area contributed by atoms with Gasteiger partial charge >= 0.3 is 6.03 Å². The molecule has 1 saturated heterocycles. The lowest BCUT2D eigenvalue weighted by Gasteiger charge is -2.31. The summed E-state index contributed by atoms with van der Waals surface area (Å²) in [5, 5.41) is 2.45. The van der Waals surface area contributed by atoms with Crippen molar-refractivity contribution in [2.24, 2.45) is 0 Å². The molecule has 2 aliphatic rings.